The Kier molecular flexibility index (Phi) is 7.42. The lowest BCUT2D eigenvalue weighted by Crippen LogP contribution is -2.49. The largest absolute Gasteiger partial charge is 0.358 e. The van der Waals surface area contributed by atoms with Crippen molar-refractivity contribution < 1.29 is 9.32 Å². The van der Waals surface area contributed by atoms with E-state index in [1.165, 1.54) is 0 Å². The summed E-state index contributed by atoms with van der Waals surface area (Å²) in [5.41, 5.74) is 0.804. The van der Waals surface area contributed by atoms with Gasteiger partial charge in [-0.15, -0.1) is 0 Å². The molecule has 1 aromatic heterocycles. The Bertz CT molecular complexity index is 847. The number of carbonyl (C=O) groups is 1. The van der Waals surface area contributed by atoms with Crippen LogP contribution in [0.1, 0.15) is 18.7 Å². The van der Waals surface area contributed by atoms with Crippen LogP contribution in [0, 0.1) is 0 Å². The summed E-state index contributed by atoms with van der Waals surface area (Å²) >= 11 is 6.01. The molecule has 0 atom stereocenters. The zero-order valence-corrected chi connectivity index (χ0v) is 17.4. The van der Waals surface area contributed by atoms with Gasteiger partial charge < -0.3 is 20.5 Å². The lowest BCUT2D eigenvalue weighted by Gasteiger charge is -2.32. The normalized spacial score (nSPS) is 15.9. The number of likely N-dealkylation sites (tertiary alicyclic amines) is 1. The van der Waals surface area contributed by atoms with Crippen LogP contribution in [0.25, 0.3) is 11.4 Å². The number of guanidine groups is 1. The summed E-state index contributed by atoms with van der Waals surface area (Å²) in [4.78, 5) is 22.3. The average molecular weight is 420 g/mol. The number of piperidine rings is 1. The predicted molar refractivity (Wildman–Crippen MR) is 112 cm³/mol. The van der Waals surface area contributed by atoms with Gasteiger partial charge in [0.2, 0.25) is 17.6 Å². The minimum atomic E-state index is 0.0468. The standard InChI is InChI=1S/C19H26ClN7O2/c1-21-16(28)12-27-8-6-15(7-9-27)24-19(22-2)23-11-17-25-18(26-29-17)13-4-3-5-14(20)10-13/h3-5,10,15H,6-9,11-12H2,1-2H3,(H,21,28)(H2,22,23,24). The number of aromatic nitrogens is 2. The van der Waals surface area contributed by atoms with Crippen molar-refractivity contribution in [1.82, 2.24) is 31.0 Å². The maximum atomic E-state index is 11.5. The zero-order valence-electron chi connectivity index (χ0n) is 16.6. The van der Waals surface area contributed by atoms with E-state index in [2.05, 4.69) is 36.0 Å². The number of nitrogens with zero attached hydrogens (tertiary/aromatic N) is 4. The first-order valence-electron chi connectivity index (χ1n) is 9.56. The maximum absolute atomic E-state index is 11.5. The summed E-state index contributed by atoms with van der Waals surface area (Å²) in [6.45, 7) is 2.55. The summed E-state index contributed by atoms with van der Waals surface area (Å²) in [6.07, 6.45) is 1.88. The quantitative estimate of drug-likeness (QED) is 0.478. The van der Waals surface area contributed by atoms with Gasteiger partial charge in [-0.25, -0.2) is 0 Å². The fourth-order valence-electron chi connectivity index (χ4n) is 3.14. The number of carbonyl (C=O) groups excluding carboxylic acids is 1. The Labute approximate surface area is 174 Å². The summed E-state index contributed by atoms with van der Waals surface area (Å²) in [7, 11) is 3.38. The van der Waals surface area contributed by atoms with Crippen molar-refractivity contribution in [3.8, 4) is 11.4 Å². The molecular weight excluding hydrogens is 394 g/mol. The summed E-state index contributed by atoms with van der Waals surface area (Å²) in [5, 5.41) is 13.9. The fraction of sp³-hybridized carbons (Fsp3) is 0.474. The van der Waals surface area contributed by atoms with Crippen LogP contribution in [0.15, 0.2) is 33.8 Å². The van der Waals surface area contributed by atoms with Crippen LogP contribution < -0.4 is 16.0 Å². The topological polar surface area (TPSA) is 108 Å². The molecule has 1 aliphatic heterocycles. The van der Waals surface area contributed by atoms with Crippen LogP contribution in [0.4, 0.5) is 0 Å². The number of hydrogen-bond acceptors (Lipinski definition) is 6. The molecular formula is C19H26ClN7O2. The Morgan fingerprint density at radius 3 is 2.86 bits per heavy atom. The molecule has 2 heterocycles. The van der Waals surface area contributed by atoms with Crippen LogP contribution in [0.5, 0.6) is 0 Å². The van der Waals surface area contributed by atoms with E-state index in [4.69, 9.17) is 16.1 Å². The molecule has 1 aromatic carbocycles. The Morgan fingerprint density at radius 2 is 2.17 bits per heavy atom. The molecule has 156 valence electrons. The minimum Gasteiger partial charge on any atom is -0.358 e. The third-order valence-electron chi connectivity index (χ3n) is 4.76. The van der Waals surface area contributed by atoms with Crippen LogP contribution in [0.3, 0.4) is 0 Å². The van der Waals surface area contributed by atoms with Gasteiger partial charge in [0, 0.05) is 43.8 Å². The molecule has 0 spiro atoms. The molecule has 0 bridgehead atoms. The summed E-state index contributed by atoms with van der Waals surface area (Å²) < 4.78 is 5.31. The van der Waals surface area contributed by atoms with E-state index in [9.17, 15) is 4.79 Å². The van der Waals surface area contributed by atoms with Crippen molar-refractivity contribution >= 4 is 23.5 Å². The van der Waals surface area contributed by atoms with Gasteiger partial charge in [0.05, 0.1) is 13.1 Å². The lowest BCUT2D eigenvalue weighted by molar-refractivity contribution is -0.122. The molecule has 3 N–H and O–H groups in total. The Hall–Kier alpha value is -2.65. The van der Waals surface area contributed by atoms with E-state index in [1.54, 1.807) is 26.2 Å². The second kappa shape index (κ2) is 10.2. The van der Waals surface area contributed by atoms with Gasteiger partial charge in [0.1, 0.15) is 0 Å². The zero-order chi connectivity index (χ0) is 20.6. The van der Waals surface area contributed by atoms with Crippen LogP contribution in [0.2, 0.25) is 5.02 Å². The SMILES string of the molecule is CN=C(NCc1nc(-c2cccc(Cl)c2)no1)NC1CCN(CC(=O)NC)CC1. The molecule has 0 saturated carbocycles. The smallest absolute Gasteiger partial charge is 0.246 e. The number of aliphatic imine (C=N–C) groups is 1. The number of amides is 1. The Balaban J connectivity index is 1.46. The van der Waals surface area contributed by atoms with Gasteiger partial charge in [-0.1, -0.05) is 28.9 Å². The van der Waals surface area contributed by atoms with E-state index in [0.29, 0.717) is 41.8 Å². The first-order valence-corrected chi connectivity index (χ1v) is 9.94. The monoisotopic (exact) mass is 419 g/mol. The van der Waals surface area contributed by atoms with Gasteiger partial charge >= 0.3 is 0 Å². The molecule has 2 aromatic rings. The fourth-order valence-corrected chi connectivity index (χ4v) is 3.33. The summed E-state index contributed by atoms with van der Waals surface area (Å²) in [5.74, 6) is 1.68. The van der Waals surface area contributed by atoms with Crippen LogP contribution in [-0.2, 0) is 11.3 Å². The minimum absolute atomic E-state index is 0.0468. The molecule has 1 amide bonds. The van der Waals surface area contributed by atoms with E-state index in [-0.39, 0.29) is 5.91 Å². The lowest BCUT2D eigenvalue weighted by atomic mass is 10.1. The first-order chi connectivity index (χ1) is 14.1. The molecule has 1 fully saturated rings. The van der Waals surface area contributed by atoms with Gasteiger partial charge in [-0.3, -0.25) is 14.7 Å². The van der Waals surface area contributed by atoms with Gasteiger partial charge in [0.25, 0.3) is 0 Å². The van der Waals surface area contributed by atoms with Crippen LogP contribution >= 0.6 is 11.6 Å². The first kappa shape index (κ1) is 21.1. The second-order valence-corrected chi connectivity index (χ2v) is 7.25. The number of hydrogen-bond donors (Lipinski definition) is 3. The van der Waals surface area contributed by atoms with Gasteiger partial charge in [-0.05, 0) is 25.0 Å². The van der Waals surface area contributed by atoms with Crippen molar-refractivity contribution in [2.75, 3.05) is 33.7 Å². The third kappa shape index (κ3) is 6.16. The van der Waals surface area contributed by atoms with Gasteiger partial charge in [0.15, 0.2) is 5.96 Å². The summed E-state index contributed by atoms with van der Waals surface area (Å²) in [6, 6.07) is 7.61. The molecule has 0 aliphatic carbocycles. The second-order valence-electron chi connectivity index (χ2n) is 6.82. The average Bonchev–Trinajstić information content (AvgIpc) is 3.21. The predicted octanol–water partition coefficient (Wildman–Crippen LogP) is 1.27. The number of benzene rings is 1. The number of nitrogens with one attached hydrogen (secondary N) is 3. The third-order valence-corrected chi connectivity index (χ3v) is 4.99. The van der Waals surface area contributed by atoms with Crippen LogP contribution in [-0.4, -0.2) is 66.7 Å². The molecule has 1 aliphatic rings. The van der Waals surface area contributed by atoms with Crippen molar-refractivity contribution in [3.05, 3.63) is 35.2 Å². The maximum Gasteiger partial charge on any atom is 0.246 e. The Morgan fingerprint density at radius 1 is 1.38 bits per heavy atom. The highest BCUT2D eigenvalue weighted by Crippen LogP contribution is 2.19. The molecule has 0 unspecified atom stereocenters. The highest BCUT2D eigenvalue weighted by Gasteiger charge is 2.21. The van der Waals surface area contributed by atoms with E-state index in [0.717, 1.165) is 31.5 Å². The highest BCUT2D eigenvalue weighted by molar-refractivity contribution is 6.30. The molecule has 0 radical (unpaired) electrons. The number of likely N-dealkylation sites (N-methyl/N-ethyl adjacent to an activating group) is 1. The highest BCUT2D eigenvalue weighted by atomic mass is 35.5. The van der Waals surface area contributed by atoms with Crippen molar-refractivity contribution in [1.29, 1.82) is 0 Å². The van der Waals surface area contributed by atoms with Crippen molar-refractivity contribution in [2.45, 2.75) is 25.4 Å². The molecule has 3 rings (SSSR count). The molecule has 9 nitrogen and oxygen atoms in total. The van der Waals surface area contributed by atoms with E-state index in [1.807, 2.05) is 12.1 Å². The molecule has 29 heavy (non-hydrogen) atoms. The van der Waals surface area contributed by atoms with E-state index < -0.39 is 0 Å². The molecule has 10 heteroatoms. The van der Waals surface area contributed by atoms with Crippen molar-refractivity contribution in [2.24, 2.45) is 4.99 Å². The van der Waals surface area contributed by atoms with E-state index >= 15 is 0 Å². The molecule has 1 saturated heterocycles. The van der Waals surface area contributed by atoms with Gasteiger partial charge in [-0.2, -0.15) is 4.98 Å². The number of rotatable bonds is 6. The number of halogens is 1. The van der Waals surface area contributed by atoms with Crippen molar-refractivity contribution in [3.63, 3.8) is 0 Å².